The van der Waals surface area contributed by atoms with Crippen LogP contribution in [0.25, 0.3) is 0 Å². The van der Waals surface area contributed by atoms with Gasteiger partial charge in [0.1, 0.15) is 0 Å². The summed E-state index contributed by atoms with van der Waals surface area (Å²) in [6, 6.07) is 17.3. The Labute approximate surface area is 230 Å². The van der Waals surface area contributed by atoms with Gasteiger partial charge in [-0.1, -0.05) is 24.3 Å². The Hall–Kier alpha value is -3.94. The summed E-state index contributed by atoms with van der Waals surface area (Å²) in [4.78, 5) is 10.8. The molecule has 1 saturated carbocycles. The molecule has 4 aromatic rings. The zero-order valence-electron chi connectivity index (χ0n) is 22.5. The average Bonchev–Trinajstić information content (AvgIpc) is 3.68. The smallest absolute Gasteiger partial charge is 0.262 e. The minimum Gasteiger partial charge on any atom is -0.361 e. The summed E-state index contributed by atoms with van der Waals surface area (Å²) in [6.45, 7) is 2.84. The lowest BCUT2D eigenvalue weighted by Crippen LogP contribution is -2.51. The summed E-state index contributed by atoms with van der Waals surface area (Å²) in [7, 11) is -0.160. The maximum atomic E-state index is 14.2. The van der Waals surface area contributed by atoms with Gasteiger partial charge in [0, 0.05) is 50.8 Å². The van der Waals surface area contributed by atoms with Crippen LogP contribution in [0.1, 0.15) is 41.6 Å². The molecule has 1 fully saturated rings. The van der Waals surface area contributed by atoms with E-state index in [1.54, 1.807) is 28.4 Å². The monoisotopic (exact) mass is 543 g/mol. The molecule has 0 aliphatic heterocycles. The van der Waals surface area contributed by atoms with Crippen molar-refractivity contribution in [1.82, 2.24) is 23.4 Å². The van der Waals surface area contributed by atoms with E-state index in [1.165, 1.54) is 6.33 Å². The number of hydrogen-bond acceptors (Lipinski definition) is 6. The molecule has 10 heteroatoms. The Morgan fingerprint density at radius 3 is 2.41 bits per heavy atom. The van der Waals surface area contributed by atoms with Gasteiger partial charge in [-0.15, -0.1) is 0 Å². The molecular weight excluding hydrogens is 510 g/mol. The molecule has 5 rings (SSSR count). The number of imidazole rings is 2. The number of aromatic nitrogens is 4. The lowest BCUT2D eigenvalue weighted by atomic mass is 10.1. The van der Waals surface area contributed by atoms with E-state index < -0.39 is 10.0 Å². The molecule has 0 bridgehead atoms. The molecule has 9 nitrogen and oxygen atoms in total. The van der Waals surface area contributed by atoms with E-state index in [9.17, 15) is 13.7 Å². The summed E-state index contributed by atoms with van der Waals surface area (Å²) in [5.41, 5.74) is 4.56. The number of anilines is 1. The van der Waals surface area contributed by atoms with Crippen LogP contribution in [0, 0.1) is 18.3 Å². The highest BCUT2D eigenvalue weighted by molar-refractivity contribution is 7.89. The molecule has 0 amide bonds. The van der Waals surface area contributed by atoms with Crippen LogP contribution in [0.4, 0.5) is 5.69 Å². The molecule has 0 spiro atoms. The van der Waals surface area contributed by atoms with Gasteiger partial charge < -0.3 is 14.0 Å². The molecule has 0 N–H and O–H groups in total. The predicted octanol–water partition coefficient (Wildman–Crippen LogP) is 4.15. The molecule has 2 aromatic heterocycles. The largest absolute Gasteiger partial charge is 0.361 e. The number of benzene rings is 2. The minimum atomic E-state index is -3.89. The SMILES string of the molecule is Cc1ccccc1CN([C@@H]1CCC[C@@H]1N(Cc1cncn1C)c1ccc(C#N)cc1)S(=O)(=O)c1cn(C)cn1. The Bertz CT molecular complexity index is 1580. The quantitative estimate of drug-likeness (QED) is 0.314. The fourth-order valence-corrected chi connectivity index (χ4v) is 7.07. The van der Waals surface area contributed by atoms with Crippen molar-refractivity contribution in [2.75, 3.05) is 4.90 Å². The molecule has 2 atom stereocenters. The summed E-state index contributed by atoms with van der Waals surface area (Å²) < 4.78 is 33.7. The first-order valence-corrected chi connectivity index (χ1v) is 14.5. The maximum Gasteiger partial charge on any atom is 0.262 e. The topological polar surface area (TPSA) is 100 Å². The molecular formula is C29H33N7O2S. The summed E-state index contributed by atoms with van der Waals surface area (Å²) in [5, 5.41) is 9.40. The molecule has 39 heavy (non-hydrogen) atoms. The van der Waals surface area contributed by atoms with Crippen molar-refractivity contribution in [1.29, 1.82) is 5.26 Å². The van der Waals surface area contributed by atoms with E-state index in [0.717, 1.165) is 41.8 Å². The maximum absolute atomic E-state index is 14.2. The zero-order valence-corrected chi connectivity index (χ0v) is 23.3. The van der Waals surface area contributed by atoms with Crippen LogP contribution in [0.2, 0.25) is 0 Å². The van der Waals surface area contributed by atoms with Gasteiger partial charge in [0.05, 0.1) is 36.5 Å². The van der Waals surface area contributed by atoms with E-state index in [4.69, 9.17) is 0 Å². The van der Waals surface area contributed by atoms with E-state index in [0.29, 0.717) is 12.1 Å². The Morgan fingerprint density at radius 1 is 1.03 bits per heavy atom. The number of aryl methyl sites for hydroxylation is 3. The highest BCUT2D eigenvalue weighted by atomic mass is 32.2. The third-order valence-corrected chi connectivity index (χ3v) is 9.39. The van der Waals surface area contributed by atoms with Crippen molar-refractivity contribution in [3.63, 3.8) is 0 Å². The summed E-state index contributed by atoms with van der Waals surface area (Å²) >= 11 is 0. The Kier molecular flexibility index (Phi) is 7.55. The fourth-order valence-electron chi connectivity index (χ4n) is 5.44. The number of nitrogens with zero attached hydrogens (tertiary/aromatic N) is 7. The van der Waals surface area contributed by atoms with E-state index >= 15 is 0 Å². The van der Waals surface area contributed by atoms with E-state index in [-0.39, 0.29) is 23.7 Å². The molecule has 1 aliphatic rings. The molecule has 0 saturated heterocycles. The van der Waals surface area contributed by atoms with Gasteiger partial charge in [0.2, 0.25) is 0 Å². The molecule has 0 radical (unpaired) electrons. The Balaban J connectivity index is 1.58. The van der Waals surface area contributed by atoms with Crippen molar-refractivity contribution >= 4 is 15.7 Å². The van der Waals surface area contributed by atoms with Crippen LogP contribution in [-0.4, -0.2) is 43.9 Å². The first-order chi connectivity index (χ1) is 18.8. The van der Waals surface area contributed by atoms with Crippen LogP contribution < -0.4 is 4.90 Å². The summed E-state index contributed by atoms with van der Waals surface area (Å²) in [5.74, 6) is 0. The van der Waals surface area contributed by atoms with Gasteiger partial charge in [0.25, 0.3) is 10.0 Å². The van der Waals surface area contributed by atoms with Gasteiger partial charge in [0.15, 0.2) is 5.03 Å². The van der Waals surface area contributed by atoms with Crippen LogP contribution in [-0.2, 0) is 37.2 Å². The second-order valence-electron chi connectivity index (χ2n) is 10.2. The highest BCUT2D eigenvalue weighted by Crippen LogP contribution is 2.36. The van der Waals surface area contributed by atoms with E-state index in [2.05, 4.69) is 20.9 Å². The number of sulfonamides is 1. The minimum absolute atomic E-state index is 0.0563. The van der Waals surface area contributed by atoms with Gasteiger partial charge in [-0.2, -0.15) is 9.57 Å². The Morgan fingerprint density at radius 2 is 1.77 bits per heavy atom. The average molecular weight is 544 g/mol. The zero-order chi connectivity index (χ0) is 27.6. The van der Waals surface area contributed by atoms with Crippen molar-refractivity contribution in [2.24, 2.45) is 14.1 Å². The standard InChI is InChI=1S/C29H33N7O2S/c1-22-7-4-5-8-24(22)17-36(39(37,38)29-19-33(2)21-32-29)28-10-6-9-27(28)35(18-26-16-31-20-34(26)3)25-13-11-23(15-30)12-14-25/h4-5,7-8,11-14,16,19-21,27-28H,6,9-10,17-18H2,1-3H3/t27-,28+/m0/s1. The summed E-state index contributed by atoms with van der Waals surface area (Å²) in [6.07, 6.45) is 9.18. The number of nitriles is 1. The van der Waals surface area contributed by atoms with Crippen LogP contribution >= 0.6 is 0 Å². The molecule has 2 heterocycles. The van der Waals surface area contributed by atoms with Crippen LogP contribution in [0.5, 0.6) is 0 Å². The van der Waals surface area contributed by atoms with Gasteiger partial charge in [-0.05, 0) is 61.6 Å². The second-order valence-corrected chi connectivity index (χ2v) is 12.0. The van der Waals surface area contributed by atoms with Crippen LogP contribution in [0.15, 0.2) is 78.6 Å². The van der Waals surface area contributed by atoms with Crippen LogP contribution in [0.3, 0.4) is 0 Å². The lowest BCUT2D eigenvalue weighted by molar-refractivity contribution is 0.285. The third-order valence-electron chi connectivity index (χ3n) is 7.63. The van der Waals surface area contributed by atoms with Gasteiger partial charge >= 0.3 is 0 Å². The van der Waals surface area contributed by atoms with Crippen molar-refractivity contribution in [3.05, 3.63) is 96.0 Å². The predicted molar refractivity (Wildman–Crippen MR) is 149 cm³/mol. The second kappa shape index (κ2) is 11.0. The molecule has 0 unspecified atom stereocenters. The molecule has 202 valence electrons. The first kappa shape index (κ1) is 26.7. The molecule has 2 aromatic carbocycles. The number of hydrogen-bond donors (Lipinski definition) is 0. The third kappa shape index (κ3) is 5.46. The lowest BCUT2D eigenvalue weighted by Gasteiger charge is -2.39. The first-order valence-electron chi connectivity index (χ1n) is 13.0. The van der Waals surface area contributed by atoms with Crippen molar-refractivity contribution < 1.29 is 8.42 Å². The molecule has 1 aliphatic carbocycles. The van der Waals surface area contributed by atoms with Gasteiger partial charge in [-0.25, -0.2) is 18.4 Å². The number of rotatable bonds is 9. The van der Waals surface area contributed by atoms with Crippen molar-refractivity contribution in [2.45, 2.75) is 56.4 Å². The van der Waals surface area contributed by atoms with Crippen molar-refractivity contribution in [3.8, 4) is 6.07 Å². The normalized spacial score (nSPS) is 17.4. The van der Waals surface area contributed by atoms with Gasteiger partial charge in [-0.3, -0.25) is 0 Å². The fraction of sp³-hybridized carbons (Fsp3) is 0.345. The van der Waals surface area contributed by atoms with E-state index in [1.807, 2.05) is 73.3 Å². The highest BCUT2D eigenvalue weighted by Gasteiger charge is 2.43.